The van der Waals surface area contributed by atoms with Crippen LogP contribution in [0.2, 0.25) is 0 Å². The van der Waals surface area contributed by atoms with Crippen LogP contribution in [0, 0.1) is 5.92 Å². The Morgan fingerprint density at radius 1 is 1.48 bits per heavy atom. The number of rotatable bonds is 11. The van der Waals surface area contributed by atoms with Gasteiger partial charge in [0, 0.05) is 25.1 Å². The molecule has 1 aliphatic rings. The number of thiazole rings is 1. The third kappa shape index (κ3) is 7.12. The lowest BCUT2D eigenvalue weighted by atomic mass is 10.2. The average molecular weight is 357 g/mol. The van der Waals surface area contributed by atoms with Crippen LogP contribution in [0.25, 0.3) is 0 Å². The smallest absolute Gasteiger partial charge is 0.166 e. The number of hydrogen-bond donors (Lipinski definition) is 3. The lowest BCUT2D eigenvalue weighted by Gasteiger charge is -2.10. The first kappa shape index (κ1) is 18.6. The first-order chi connectivity index (χ1) is 11.2. The summed E-state index contributed by atoms with van der Waals surface area (Å²) in [5.74, 6) is 0.844. The van der Waals surface area contributed by atoms with Crippen LogP contribution in [-0.4, -0.2) is 36.8 Å². The van der Waals surface area contributed by atoms with E-state index in [0.29, 0.717) is 19.3 Å². The molecule has 0 aromatic carbocycles. The van der Waals surface area contributed by atoms with Crippen molar-refractivity contribution in [2.24, 2.45) is 5.92 Å². The number of hydrogen-bond acceptors (Lipinski definition) is 5. The third-order valence-electron chi connectivity index (χ3n) is 3.87. The molecule has 1 saturated carbocycles. The van der Waals surface area contributed by atoms with Crippen molar-refractivity contribution >= 4 is 28.7 Å². The third-order valence-corrected chi connectivity index (χ3v) is 5.17. The highest BCUT2D eigenvalue weighted by atomic mass is 32.1. The standard InChI is InChI=1S/C16H28N4OS2/c1-3-14(17-2)15-20-13(11-23-15)10-21-8-4-7-18-16(22)19-9-12-5-6-12/h11-12,14,17H,3-10H2,1-2H3,(H2,18,19,22). The molecule has 0 saturated heterocycles. The molecule has 1 unspecified atom stereocenters. The van der Waals surface area contributed by atoms with E-state index in [1.165, 1.54) is 12.8 Å². The van der Waals surface area contributed by atoms with Crippen LogP contribution >= 0.6 is 23.6 Å². The van der Waals surface area contributed by atoms with E-state index in [9.17, 15) is 0 Å². The van der Waals surface area contributed by atoms with E-state index in [1.807, 2.05) is 7.05 Å². The maximum Gasteiger partial charge on any atom is 0.166 e. The molecule has 0 spiro atoms. The number of nitrogens with zero attached hydrogens (tertiary/aromatic N) is 1. The molecule has 2 rings (SSSR count). The molecular weight excluding hydrogens is 328 g/mol. The van der Waals surface area contributed by atoms with E-state index in [-0.39, 0.29) is 0 Å². The second-order valence-electron chi connectivity index (χ2n) is 5.91. The van der Waals surface area contributed by atoms with Crippen LogP contribution in [0.5, 0.6) is 0 Å². The SMILES string of the molecule is CCC(NC)c1nc(COCCCNC(=S)NCC2CC2)cs1. The summed E-state index contributed by atoms with van der Waals surface area (Å²) in [5.41, 5.74) is 1.02. The molecule has 0 aliphatic heterocycles. The minimum absolute atomic E-state index is 0.349. The van der Waals surface area contributed by atoms with Gasteiger partial charge in [0.05, 0.1) is 18.3 Å². The first-order valence-corrected chi connectivity index (χ1v) is 9.72. The van der Waals surface area contributed by atoms with Gasteiger partial charge in [0.1, 0.15) is 5.01 Å². The van der Waals surface area contributed by atoms with Crippen molar-refractivity contribution in [1.82, 2.24) is 20.9 Å². The summed E-state index contributed by atoms with van der Waals surface area (Å²) in [6.07, 6.45) is 4.67. The molecule has 7 heteroatoms. The largest absolute Gasteiger partial charge is 0.375 e. The molecule has 0 radical (unpaired) electrons. The number of nitrogens with one attached hydrogen (secondary N) is 3. The summed E-state index contributed by atoms with van der Waals surface area (Å²) in [4.78, 5) is 4.63. The van der Waals surface area contributed by atoms with Gasteiger partial charge in [0.15, 0.2) is 5.11 Å². The molecule has 1 aliphatic carbocycles. The van der Waals surface area contributed by atoms with E-state index >= 15 is 0 Å². The highest BCUT2D eigenvalue weighted by molar-refractivity contribution is 7.80. The zero-order valence-corrected chi connectivity index (χ0v) is 15.7. The average Bonchev–Trinajstić information content (AvgIpc) is 3.28. The van der Waals surface area contributed by atoms with Crippen LogP contribution in [0.4, 0.5) is 0 Å². The van der Waals surface area contributed by atoms with E-state index in [4.69, 9.17) is 17.0 Å². The summed E-state index contributed by atoms with van der Waals surface area (Å²) >= 11 is 6.93. The molecule has 1 fully saturated rings. The molecular formula is C16H28N4OS2. The van der Waals surface area contributed by atoms with Crippen molar-refractivity contribution in [3.63, 3.8) is 0 Å². The Morgan fingerprint density at radius 2 is 2.30 bits per heavy atom. The van der Waals surface area contributed by atoms with Crippen LogP contribution in [0.1, 0.15) is 49.4 Å². The molecule has 0 bridgehead atoms. The summed E-state index contributed by atoms with van der Waals surface area (Å²) in [6, 6.07) is 0.349. The van der Waals surface area contributed by atoms with E-state index in [1.54, 1.807) is 11.3 Å². The van der Waals surface area contributed by atoms with Crippen molar-refractivity contribution < 1.29 is 4.74 Å². The van der Waals surface area contributed by atoms with Gasteiger partial charge in [-0.3, -0.25) is 0 Å². The Balaban J connectivity index is 1.50. The molecule has 1 atom stereocenters. The Hall–Kier alpha value is -0.760. The Kier molecular flexibility index (Phi) is 8.22. The predicted octanol–water partition coefficient (Wildman–Crippen LogP) is 2.59. The van der Waals surface area contributed by atoms with Crippen LogP contribution < -0.4 is 16.0 Å². The van der Waals surface area contributed by atoms with Crippen molar-refractivity contribution in [1.29, 1.82) is 0 Å². The predicted molar refractivity (Wildman–Crippen MR) is 99.8 cm³/mol. The van der Waals surface area contributed by atoms with Gasteiger partial charge in [-0.1, -0.05) is 6.92 Å². The summed E-state index contributed by atoms with van der Waals surface area (Å²) in [7, 11) is 1.97. The highest BCUT2D eigenvalue weighted by Crippen LogP contribution is 2.27. The molecule has 1 aromatic heterocycles. The quantitative estimate of drug-likeness (QED) is 0.418. The summed E-state index contributed by atoms with van der Waals surface area (Å²) < 4.78 is 5.69. The van der Waals surface area contributed by atoms with Gasteiger partial charge < -0.3 is 20.7 Å². The lowest BCUT2D eigenvalue weighted by Crippen LogP contribution is -2.37. The Labute approximate surface area is 148 Å². The molecule has 130 valence electrons. The maximum atomic E-state index is 5.69. The Bertz CT molecular complexity index is 472. The van der Waals surface area contributed by atoms with Gasteiger partial charge in [-0.15, -0.1) is 11.3 Å². The highest BCUT2D eigenvalue weighted by Gasteiger charge is 2.20. The normalized spacial score (nSPS) is 15.4. The second kappa shape index (κ2) is 10.2. The van der Waals surface area contributed by atoms with Gasteiger partial charge in [0.2, 0.25) is 0 Å². The fraction of sp³-hybridized carbons (Fsp3) is 0.750. The number of aromatic nitrogens is 1. The van der Waals surface area contributed by atoms with Crippen LogP contribution in [-0.2, 0) is 11.3 Å². The van der Waals surface area contributed by atoms with E-state index in [2.05, 4.69) is 33.2 Å². The van der Waals surface area contributed by atoms with Crippen molar-refractivity contribution in [3.8, 4) is 0 Å². The molecule has 5 nitrogen and oxygen atoms in total. The fourth-order valence-corrected chi connectivity index (χ4v) is 3.41. The first-order valence-electron chi connectivity index (χ1n) is 8.44. The molecule has 0 amide bonds. The van der Waals surface area contributed by atoms with Crippen molar-refractivity contribution in [2.75, 3.05) is 26.7 Å². The lowest BCUT2D eigenvalue weighted by molar-refractivity contribution is 0.117. The number of thiocarbonyl (C=S) groups is 1. The number of ether oxygens (including phenoxy) is 1. The van der Waals surface area contributed by atoms with Crippen LogP contribution in [0.3, 0.4) is 0 Å². The zero-order chi connectivity index (χ0) is 16.5. The van der Waals surface area contributed by atoms with Gasteiger partial charge in [-0.25, -0.2) is 4.98 Å². The minimum Gasteiger partial charge on any atom is -0.375 e. The van der Waals surface area contributed by atoms with Gasteiger partial charge in [-0.05, 0) is 50.9 Å². The van der Waals surface area contributed by atoms with Gasteiger partial charge in [-0.2, -0.15) is 0 Å². The van der Waals surface area contributed by atoms with Gasteiger partial charge in [0.25, 0.3) is 0 Å². The maximum absolute atomic E-state index is 5.69. The van der Waals surface area contributed by atoms with E-state index in [0.717, 1.165) is 47.7 Å². The monoisotopic (exact) mass is 356 g/mol. The van der Waals surface area contributed by atoms with Gasteiger partial charge >= 0.3 is 0 Å². The second-order valence-corrected chi connectivity index (χ2v) is 7.21. The molecule has 1 aromatic rings. The molecule has 23 heavy (non-hydrogen) atoms. The van der Waals surface area contributed by atoms with Crippen molar-refractivity contribution in [3.05, 3.63) is 16.1 Å². The fourth-order valence-electron chi connectivity index (χ4n) is 2.23. The minimum atomic E-state index is 0.349. The van der Waals surface area contributed by atoms with E-state index < -0.39 is 0 Å². The van der Waals surface area contributed by atoms with Crippen molar-refractivity contribution in [2.45, 2.75) is 45.3 Å². The zero-order valence-electron chi connectivity index (χ0n) is 14.1. The summed E-state index contributed by atoms with van der Waals surface area (Å²) in [6.45, 7) is 5.32. The Morgan fingerprint density at radius 3 is 3.00 bits per heavy atom. The van der Waals surface area contributed by atoms with Crippen LogP contribution in [0.15, 0.2) is 5.38 Å². The molecule has 3 N–H and O–H groups in total. The summed E-state index contributed by atoms with van der Waals surface area (Å²) in [5, 5.41) is 13.7. The topological polar surface area (TPSA) is 58.2 Å². The molecule has 1 heterocycles.